The van der Waals surface area contributed by atoms with Gasteiger partial charge in [-0.2, -0.15) is 0 Å². The van der Waals surface area contributed by atoms with Gasteiger partial charge in [0.2, 0.25) is 0 Å². The molecule has 0 heterocycles. The molecule has 1 rings (SSSR count). The van der Waals surface area contributed by atoms with Crippen molar-refractivity contribution >= 4 is 15.9 Å². The first-order valence-electron chi connectivity index (χ1n) is 5.25. The van der Waals surface area contributed by atoms with E-state index >= 15 is 0 Å². The van der Waals surface area contributed by atoms with Gasteiger partial charge in [-0.3, -0.25) is 0 Å². The molecule has 3 nitrogen and oxygen atoms in total. The minimum Gasteiger partial charge on any atom is -0.493 e. The maximum atomic E-state index is 5.52. The molecule has 0 spiro atoms. The van der Waals surface area contributed by atoms with Gasteiger partial charge in [0.1, 0.15) is 0 Å². The van der Waals surface area contributed by atoms with Crippen LogP contribution in [0.15, 0.2) is 10.5 Å². The minimum absolute atomic E-state index is 0.700. The topological polar surface area (TPSA) is 44.5 Å². The Labute approximate surface area is 105 Å². The van der Waals surface area contributed by atoms with Gasteiger partial charge in [0.05, 0.1) is 18.7 Å². The molecule has 0 saturated heterocycles. The lowest BCUT2D eigenvalue weighted by Gasteiger charge is -2.16. The van der Waals surface area contributed by atoms with Crippen LogP contribution in [0.1, 0.15) is 17.5 Å². The summed E-state index contributed by atoms with van der Waals surface area (Å²) in [5, 5.41) is 0. The highest BCUT2D eigenvalue weighted by atomic mass is 79.9. The molecule has 16 heavy (non-hydrogen) atoms. The lowest BCUT2D eigenvalue weighted by molar-refractivity contribution is 0.350. The van der Waals surface area contributed by atoms with Crippen LogP contribution in [0.4, 0.5) is 0 Å². The first-order valence-corrected chi connectivity index (χ1v) is 6.05. The zero-order valence-electron chi connectivity index (χ0n) is 9.97. The average Bonchev–Trinajstić information content (AvgIpc) is 2.29. The third-order valence-corrected chi connectivity index (χ3v) is 3.19. The minimum atomic E-state index is 0.700. The second kappa shape index (κ2) is 6.11. The molecule has 0 bridgehead atoms. The smallest absolute Gasteiger partial charge is 0.175 e. The summed E-state index contributed by atoms with van der Waals surface area (Å²) in [6.07, 6.45) is 1.93. The van der Waals surface area contributed by atoms with E-state index < -0.39 is 0 Å². The summed E-state index contributed by atoms with van der Waals surface area (Å²) < 4.78 is 11.6. The van der Waals surface area contributed by atoms with Crippen molar-refractivity contribution in [3.63, 3.8) is 0 Å². The molecule has 0 aliphatic rings. The molecule has 0 aromatic heterocycles. The molecule has 0 aliphatic heterocycles. The van der Waals surface area contributed by atoms with E-state index in [1.807, 2.05) is 6.92 Å². The number of rotatable bonds is 5. The van der Waals surface area contributed by atoms with Crippen molar-refractivity contribution in [2.24, 2.45) is 5.73 Å². The molecule has 4 heteroatoms. The van der Waals surface area contributed by atoms with E-state index in [1.165, 1.54) is 5.56 Å². The molecule has 0 aliphatic carbocycles. The fourth-order valence-electron chi connectivity index (χ4n) is 1.74. The van der Waals surface area contributed by atoms with Gasteiger partial charge in [-0.05, 0) is 59.4 Å². The molecule has 0 saturated carbocycles. The largest absolute Gasteiger partial charge is 0.493 e. The normalized spacial score (nSPS) is 10.3. The van der Waals surface area contributed by atoms with Crippen molar-refractivity contribution in [3.05, 3.63) is 21.7 Å². The summed E-state index contributed by atoms with van der Waals surface area (Å²) in [5.74, 6) is 1.54. The van der Waals surface area contributed by atoms with Gasteiger partial charge in [0.25, 0.3) is 0 Å². The van der Waals surface area contributed by atoms with Crippen LogP contribution in [-0.4, -0.2) is 20.8 Å². The van der Waals surface area contributed by atoms with Gasteiger partial charge >= 0.3 is 0 Å². The van der Waals surface area contributed by atoms with E-state index in [1.54, 1.807) is 14.2 Å². The van der Waals surface area contributed by atoms with Crippen molar-refractivity contribution < 1.29 is 9.47 Å². The van der Waals surface area contributed by atoms with E-state index in [4.69, 9.17) is 15.2 Å². The number of benzene rings is 1. The van der Waals surface area contributed by atoms with E-state index in [0.29, 0.717) is 6.54 Å². The fourth-order valence-corrected chi connectivity index (χ4v) is 2.36. The van der Waals surface area contributed by atoms with E-state index in [9.17, 15) is 0 Å². The summed E-state index contributed by atoms with van der Waals surface area (Å²) in [4.78, 5) is 0. The molecular weight excluding hydrogens is 270 g/mol. The van der Waals surface area contributed by atoms with Crippen molar-refractivity contribution in [2.75, 3.05) is 20.8 Å². The van der Waals surface area contributed by atoms with Crippen LogP contribution < -0.4 is 15.2 Å². The highest BCUT2D eigenvalue weighted by Gasteiger charge is 2.15. The standard InChI is InChI=1S/C12H18BrNO2/c1-8-9(5-4-6-14)7-10(13)12(16-3)11(8)15-2/h7H,4-6,14H2,1-3H3. The lowest BCUT2D eigenvalue weighted by Crippen LogP contribution is -2.03. The number of ether oxygens (including phenoxy) is 2. The summed E-state index contributed by atoms with van der Waals surface area (Å²) in [6.45, 7) is 2.74. The quantitative estimate of drug-likeness (QED) is 0.906. The summed E-state index contributed by atoms with van der Waals surface area (Å²) in [7, 11) is 3.30. The highest BCUT2D eigenvalue weighted by Crippen LogP contribution is 2.40. The van der Waals surface area contributed by atoms with Crippen molar-refractivity contribution in [3.8, 4) is 11.5 Å². The SMILES string of the molecule is COc1c(Br)cc(CCCN)c(C)c1OC. The Bertz CT molecular complexity index is 367. The molecule has 0 atom stereocenters. The number of hydrogen-bond acceptors (Lipinski definition) is 3. The molecule has 1 aromatic rings. The predicted molar refractivity (Wildman–Crippen MR) is 69.4 cm³/mol. The van der Waals surface area contributed by atoms with Crippen molar-refractivity contribution in [1.82, 2.24) is 0 Å². The van der Waals surface area contributed by atoms with E-state index in [-0.39, 0.29) is 0 Å². The third kappa shape index (κ3) is 2.68. The van der Waals surface area contributed by atoms with Crippen LogP contribution in [0.5, 0.6) is 11.5 Å². The van der Waals surface area contributed by atoms with Crippen molar-refractivity contribution in [2.45, 2.75) is 19.8 Å². The van der Waals surface area contributed by atoms with Crippen LogP contribution in [0.3, 0.4) is 0 Å². The number of nitrogens with two attached hydrogens (primary N) is 1. The van der Waals surface area contributed by atoms with Crippen LogP contribution in [0.2, 0.25) is 0 Å². The monoisotopic (exact) mass is 287 g/mol. The molecule has 0 amide bonds. The van der Waals surface area contributed by atoms with E-state index in [2.05, 4.69) is 22.0 Å². The zero-order chi connectivity index (χ0) is 12.1. The Balaban J connectivity index is 3.17. The maximum Gasteiger partial charge on any atom is 0.175 e. The third-order valence-electron chi connectivity index (χ3n) is 2.60. The fraction of sp³-hybridized carbons (Fsp3) is 0.500. The molecule has 0 fully saturated rings. The zero-order valence-corrected chi connectivity index (χ0v) is 11.6. The van der Waals surface area contributed by atoms with Gasteiger partial charge in [0.15, 0.2) is 11.5 Å². The number of hydrogen-bond donors (Lipinski definition) is 1. The summed E-state index contributed by atoms with van der Waals surface area (Å²) >= 11 is 3.49. The van der Waals surface area contributed by atoms with Crippen LogP contribution in [-0.2, 0) is 6.42 Å². The maximum absolute atomic E-state index is 5.52. The van der Waals surface area contributed by atoms with E-state index in [0.717, 1.165) is 34.4 Å². The number of halogens is 1. The predicted octanol–water partition coefficient (Wildman–Crippen LogP) is 2.67. The van der Waals surface area contributed by atoms with Gasteiger partial charge in [-0.1, -0.05) is 0 Å². The highest BCUT2D eigenvalue weighted by molar-refractivity contribution is 9.10. The van der Waals surface area contributed by atoms with Gasteiger partial charge < -0.3 is 15.2 Å². The Morgan fingerprint density at radius 1 is 1.25 bits per heavy atom. The Kier molecular flexibility index (Phi) is 5.09. The molecule has 2 N–H and O–H groups in total. The molecular formula is C12H18BrNO2. The molecule has 1 aromatic carbocycles. The second-order valence-corrected chi connectivity index (χ2v) is 4.46. The molecule has 0 unspecified atom stereocenters. The average molecular weight is 288 g/mol. The lowest BCUT2D eigenvalue weighted by atomic mass is 10.0. The van der Waals surface area contributed by atoms with Crippen LogP contribution in [0, 0.1) is 6.92 Å². The molecule has 90 valence electrons. The number of methoxy groups -OCH3 is 2. The molecule has 0 radical (unpaired) electrons. The summed E-state index contributed by atoms with van der Waals surface area (Å²) in [6, 6.07) is 2.08. The first-order chi connectivity index (χ1) is 7.65. The van der Waals surface area contributed by atoms with Gasteiger partial charge in [0, 0.05) is 0 Å². The van der Waals surface area contributed by atoms with Crippen LogP contribution >= 0.6 is 15.9 Å². The van der Waals surface area contributed by atoms with Crippen LogP contribution in [0.25, 0.3) is 0 Å². The van der Waals surface area contributed by atoms with Gasteiger partial charge in [-0.15, -0.1) is 0 Å². The summed E-state index contributed by atoms with van der Waals surface area (Å²) in [5.41, 5.74) is 7.89. The Morgan fingerprint density at radius 2 is 1.88 bits per heavy atom. The number of aryl methyl sites for hydroxylation is 1. The Hall–Kier alpha value is -0.740. The Morgan fingerprint density at radius 3 is 2.38 bits per heavy atom. The van der Waals surface area contributed by atoms with Gasteiger partial charge in [-0.25, -0.2) is 0 Å². The first kappa shape index (κ1) is 13.3. The van der Waals surface area contributed by atoms with Crippen molar-refractivity contribution in [1.29, 1.82) is 0 Å². The second-order valence-electron chi connectivity index (χ2n) is 3.60.